The summed E-state index contributed by atoms with van der Waals surface area (Å²) >= 11 is 0. The minimum atomic E-state index is 0.154. The summed E-state index contributed by atoms with van der Waals surface area (Å²) in [4.78, 5) is 17.0. The molecule has 28 heavy (non-hydrogen) atoms. The summed E-state index contributed by atoms with van der Waals surface area (Å²) in [5.41, 5.74) is 1.24. The lowest BCUT2D eigenvalue weighted by Gasteiger charge is -2.34. The molecule has 6 nitrogen and oxygen atoms in total. The fourth-order valence-corrected chi connectivity index (χ4v) is 3.83. The van der Waals surface area contributed by atoms with Gasteiger partial charge in [0.05, 0.1) is 6.54 Å². The maximum absolute atomic E-state index is 12.3. The molecule has 1 atom stereocenters. The number of hydrogen-bond donors (Lipinski definition) is 1. The maximum atomic E-state index is 12.3. The van der Waals surface area contributed by atoms with E-state index >= 15 is 0 Å². The number of carbonyl (C=O) groups is 1. The Bertz CT molecular complexity index is 642. The lowest BCUT2D eigenvalue weighted by Crippen LogP contribution is -2.49. The van der Waals surface area contributed by atoms with Crippen molar-refractivity contribution in [2.45, 2.75) is 52.6 Å². The molecular weight excluding hydrogens is 354 g/mol. The third kappa shape index (κ3) is 6.38. The van der Waals surface area contributed by atoms with Crippen LogP contribution in [0, 0.1) is 5.92 Å². The van der Waals surface area contributed by atoms with Crippen LogP contribution in [0.1, 0.15) is 45.6 Å². The minimum absolute atomic E-state index is 0.154. The summed E-state index contributed by atoms with van der Waals surface area (Å²) in [5, 5.41) is 3.16. The van der Waals surface area contributed by atoms with Crippen molar-refractivity contribution in [2.75, 3.05) is 39.5 Å². The van der Waals surface area contributed by atoms with Gasteiger partial charge in [-0.25, -0.2) is 0 Å². The molecule has 0 radical (unpaired) electrons. The quantitative estimate of drug-likeness (QED) is 0.704. The molecule has 3 rings (SSSR count). The third-order valence-electron chi connectivity index (χ3n) is 5.50. The second-order valence-electron chi connectivity index (χ2n) is 8.53. The molecular formula is C22H35N3O3. The van der Waals surface area contributed by atoms with Crippen molar-refractivity contribution in [3.63, 3.8) is 0 Å². The van der Waals surface area contributed by atoms with E-state index in [2.05, 4.69) is 48.0 Å². The van der Waals surface area contributed by atoms with Crippen LogP contribution in [0.4, 0.5) is 0 Å². The Morgan fingerprint density at radius 2 is 1.75 bits per heavy atom. The van der Waals surface area contributed by atoms with Gasteiger partial charge in [-0.1, -0.05) is 32.8 Å². The standard InChI is InChI=1S/C22H35N3O3/c1-17(2)5-4-6-18(3)23-22(26)15-25-11-9-24(10-12-25)14-19-7-8-20-21(13-19)28-16-27-20/h7-8,13,17-18H,4-6,9-12,14-16H2,1-3H3,(H,23,26)/t18-/m0/s1. The minimum Gasteiger partial charge on any atom is -0.454 e. The molecule has 1 fully saturated rings. The number of ether oxygens (including phenoxy) is 2. The molecule has 0 bridgehead atoms. The Morgan fingerprint density at radius 1 is 1.04 bits per heavy atom. The SMILES string of the molecule is CC(C)CCC[C@H](C)NC(=O)CN1CCN(Cc2ccc3c(c2)OCO3)CC1. The highest BCUT2D eigenvalue weighted by atomic mass is 16.7. The van der Waals surface area contributed by atoms with Crippen LogP contribution < -0.4 is 14.8 Å². The largest absolute Gasteiger partial charge is 0.454 e. The highest BCUT2D eigenvalue weighted by Crippen LogP contribution is 2.32. The molecule has 2 aliphatic rings. The first-order valence-electron chi connectivity index (χ1n) is 10.6. The van der Waals surface area contributed by atoms with Gasteiger partial charge in [0.25, 0.3) is 0 Å². The fraction of sp³-hybridized carbons (Fsp3) is 0.682. The zero-order chi connectivity index (χ0) is 19.9. The zero-order valence-corrected chi connectivity index (χ0v) is 17.6. The maximum Gasteiger partial charge on any atom is 0.234 e. The molecule has 2 aliphatic heterocycles. The van der Waals surface area contributed by atoms with E-state index < -0.39 is 0 Å². The van der Waals surface area contributed by atoms with E-state index in [0.717, 1.165) is 56.6 Å². The monoisotopic (exact) mass is 389 g/mol. The van der Waals surface area contributed by atoms with Crippen molar-refractivity contribution < 1.29 is 14.3 Å². The zero-order valence-electron chi connectivity index (χ0n) is 17.6. The molecule has 0 saturated carbocycles. The average molecular weight is 390 g/mol. The first kappa shape index (κ1) is 20.9. The first-order chi connectivity index (χ1) is 13.5. The van der Waals surface area contributed by atoms with Crippen molar-refractivity contribution in [2.24, 2.45) is 5.92 Å². The van der Waals surface area contributed by atoms with Gasteiger partial charge in [0.2, 0.25) is 12.7 Å². The van der Waals surface area contributed by atoms with E-state index in [0.29, 0.717) is 13.3 Å². The van der Waals surface area contributed by atoms with E-state index in [1.54, 1.807) is 0 Å². The summed E-state index contributed by atoms with van der Waals surface area (Å²) in [7, 11) is 0. The Balaban J connectivity index is 1.34. The van der Waals surface area contributed by atoms with Crippen molar-refractivity contribution in [3.8, 4) is 11.5 Å². The summed E-state index contributed by atoms with van der Waals surface area (Å²) < 4.78 is 10.8. The molecule has 1 amide bonds. The van der Waals surface area contributed by atoms with Crippen LogP contribution >= 0.6 is 0 Å². The lowest BCUT2D eigenvalue weighted by atomic mass is 10.0. The Labute approximate surface area is 169 Å². The summed E-state index contributed by atoms with van der Waals surface area (Å²) in [6, 6.07) is 6.43. The van der Waals surface area contributed by atoms with E-state index in [9.17, 15) is 4.79 Å². The third-order valence-corrected chi connectivity index (χ3v) is 5.50. The van der Waals surface area contributed by atoms with Gasteiger partial charge < -0.3 is 14.8 Å². The predicted molar refractivity (Wildman–Crippen MR) is 111 cm³/mol. The lowest BCUT2D eigenvalue weighted by molar-refractivity contribution is -0.123. The Kier molecular flexibility index (Phi) is 7.57. The number of benzene rings is 1. The Hall–Kier alpha value is -1.79. The fourth-order valence-electron chi connectivity index (χ4n) is 3.83. The highest BCUT2D eigenvalue weighted by Gasteiger charge is 2.21. The van der Waals surface area contributed by atoms with Gasteiger partial charge in [-0.05, 0) is 37.0 Å². The van der Waals surface area contributed by atoms with Crippen molar-refractivity contribution >= 4 is 5.91 Å². The number of nitrogens with one attached hydrogen (secondary N) is 1. The van der Waals surface area contributed by atoms with E-state index in [4.69, 9.17) is 9.47 Å². The van der Waals surface area contributed by atoms with Crippen LogP contribution in [0.25, 0.3) is 0 Å². The number of hydrogen-bond acceptors (Lipinski definition) is 5. The molecule has 1 aromatic rings. The molecule has 6 heteroatoms. The Morgan fingerprint density at radius 3 is 2.50 bits per heavy atom. The number of carbonyl (C=O) groups excluding carboxylic acids is 1. The van der Waals surface area contributed by atoms with Crippen molar-refractivity contribution in [1.82, 2.24) is 15.1 Å². The second kappa shape index (κ2) is 10.1. The molecule has 0 spiro atoms. The van der Waals surface area contributed by atoms with Crippen molar-refractivity contribution in [1.29, 1.82) is 0 Å². The smallest absolute Gasteiger partial charge is 0.234 e. The number of nitrogens with zero attached hydrogens (tertiary/aromatic N) is 2. The van der Waals surface area contributed by atoms with Gasteiger partial charge in [0, 0.05) is 38.8 Å². The molecule has 0 unspecified atom stereocenters. The first-order valence-corrected chi connectivity index (χ1v) is 10.6. The van der Waals surface area contributed by atoms with Gasteiger partial charge in [-0.15, -0.1) is 0 Å². The second-order valence-corrected chi connectivity index (χ2v) is 8.53. The average Bonchev–Trinajstić information content (AvgIpc) is 3.10. The number of piperazine rings is 1. The highest BCUT2D eigenvalue weighted by molar-refractivity contribution is 5.78. The van der Waals surface area contributed by atoms with Crippen LogP contribution in [0.3, 0.4) is 0 Å². The summed E-state index contributed by atoms with van der Waals surface area (Å²) in [6.07, 6.45) is 3.47. The molecule has 0 aliphatic carbocycles. The van der Waals surface area contributed by atoms with Gasteiger partial charge in [0.1, 0.15) is 0 Å². The molecule has 1 saturated heterocycles. The molecule has 0 aromatic heterocycles. The van der Waals surface area contributed by atoms with Gasteiger partial charge in [-0.3, -0.25) is 14.6 Å². The van der Waals surface area contributed by atoms with Crippen LogP contribution in [-0.2, 0) is 11.3 Å². The normalized spacial score (nSPS) is 18.4. The van der Waals surface area contributed by atoms with Crippen molar-refractivity contribution in [3.05, 3.63) is 23.8 Å². The van der Waals surface area contributed by atoms with Crippen LogP contribution in [0.2, 0.25) is 0 Å². The van der Waals surface area contributed by atoms with Gasteiger partial charge >= 0.3 is 0 Å². The van der Waals surface area contributed by atoms with E-state index in [-0.39, 0.29) is 11.9 Å². The number of amides is 1. The topological polar surface area (TPSA) is 54.0 Å². The predicted octanol–water partition coefficient (Wildman–Crippen LogP) is 2.86. The van der Waals surface area contributed by atoms with E-state index in [1.165, 1.54) is 18.4 Å². The summed E-state index contributed by atoms with van der Waals surface area (Å²) in [5.74, 6) is 2.56. The van der Waals surface area contributed by atoms with Crippen LogP contribution in [0.5, 0.6) is 11.5 Å². The molecule has 1 aromatic carbocycles. The number of fused-ring (bicyclic) bond motifs is 1. The van der Waals surface area contributed by atoms with Gasteiger partial charge in [-0.2, -0.15) is 0 Å². The summed E-state index contributed by atoms with van der Waals surface area (Å²) in [6.45, 7) is 12.1. The van der Waals surface area contributed by atoms with E-state index in [1.807, 2.05) is 6.07 Å². The molecule has 156 valence electrons. The molecule has 2 heterocycles. The number of rotatable bonds is 9. The van der Waals surface area contributed by atoms with Crippen LogP contribution in [0.15, 0.2) is 18.2 Å². The molecule has 1 N–H and O–H groups in total. The van der Waals surface area contributed by atoms with Gasteiger partial charge in [0.15, 0.2) is 11.5 Å². The van der Waals surface area contributed by atoms with Crippen LogP contribution in [-0.4, -0.2) is 61.3 Å².